The van der Waals surface area contributed by atoms with Gasteiger partial charge in [0.1, 0.15) is 18.1 Å². The Labute approximate surface area is 177 Å². The van der Waals surface area contributed by atoms with Gasteiger partial charge in [0.15, 0.2) is 5.76 Å². The number of hydrogen-bond donors (Lipinski definition) is 0. The van der Waals surface area contributed by atoms with E-state index < -0.39 is 0 Å². The Morgan fingerprint density at radius 2 is 1.70 bits per heavy atom. The molecule has 2 heterocycles. The van der Waals surface area contributed by atoms with E-state index in [0.717, 1.165) is 24.4 Å². The second-order valence-electron chi connectivity index (χ2n) is 7.71. The number of carbonyl (C=O) groups is 1. The van der Waals surface area contributed by atoms with E-state index in [-0.39, 0.29) is 5.91 Å². The van der Waals surface area contributed by atoms with Crippen LogP contribution in [0, 0.1) is 0 Å². The van der Waals surface area contributed by atoms with Crippen molar-refractivity contribution < 1.29 is 13.9 Å². The summed E-state index contributed by atoms with van der Waals surface area (Å²) in [4.78, 5) is 17.0. The zero-order valence-corrected chi connectivity index (χ0v) is 17.4. The van der Waals surface area contributed by atoms with Gasteiger partial charge in [-0.05, 0) is 55.2 Å². The summed E-state index contributed by atoms with van der Waals surface area (Å²) in [6, 6.07) is 21.4. The summed E-state index contributed by atoms with van der Waals surface area (Å²) < 4.78 is 11.4. The second-order valence-corrected chi connectivity index (χ2v) is 7.71. The molecule has 0 spiro atoms. The van der Waals surface area contributed by atoms with Crippen molar-refractivity contribution in [1.82, 2.24) is 4.90 Å². The lowest BCUT2D eigenvalue weighted by molar-refractivity contribution is 0.0749. The van der Waals surface area contributed by atoms with Gasteiger partial charge in [0, 0.05) is 32.4 Å². The zero-order chi connectivity index (χ0) is 20.8. The molecule has 1 aromatic heterocycles. The van der Waals surface area contributed by atoms with E-state index in [9.17, 15) is 4.79 Å². The average molecular weight is 405 g/mol. The van der Waals surface area contributed by atoms with Crippen molar-refractivity contribution in [2.24, 2.45) is 0 Å². The summed E-state index contributed by atoms with van der Waals surface area (Å²) in [5.41, 5.74) is 2.39. The Bertz CT molecular complexity index is 961. The molecule has 1 aliphatic rings. The van der Waals surface area contributed by atoms with Crippen LogP contribution in [0.15, 0.2) is 71.1 Å². The molecule has 5 heteroatoms. The highest BCUT2D eigenvalue weighted by atomic mass is 16.5. The van der Waals surface area contributed by atoms with Crippen LogP contribution in [0.2, 0.25) is 0 Å². The van der Waals surface area contributed by atoms with Crippen molar-refractivity contribution in [1.29, 1.82) is 0 Å². The largest absolute Gasteiger partial charge is 0.486 e. The minimum Gasteiger partial charge on any atom is -0.486 e. The highest BCUT2D eigenvalue weighted by Gasteiger charge is 2.20. The maximum absolute atomic E-state index is 12.9. The number of para-hydroxylation sites is 2. The number of furan rings is 1. The van der Waals surface area contributed by atoms with Crippen LogP contribution in [-0.2, 0) is 13.2 Å². The summed E-state index contributed by atoms with van der Waals surface area (Å²) in [7, 11) is 1.82. The molecule has 1 saturated heterocycles. The molecule has 1 fully saturated rings. The molecule has 156 valence electrons. The summed E-state index contributed by atoms with van der Waals surface area (Å²) >= 11 is 0. The Kier molecular flexibility index (Phi) is 6.38. The Morgan fingerprint density at radius 3 is 2.50 bits per heavy atom. The van der Waals surface area contributed by atoms with Gasteiger partial charge in [-0.15, -0.1) is 0 Å². The van der Waals surface area contributed by atoms with Gasteiger partial charge in [0.25, 0.3) is 5.91 Å². The first-order chi connectivity index (χ1) is 14.7. The number of benzene rings is 2. The summed E-state index contributed by atoms with van der Waals surface area (Å²) in [6.45, 7) is 3.00. The molecule has 0 radical (unpaired) electrons. The molecule has 0 N–H and O–H groups in total. The molecule has 1 aliphatic heterocycles. The van der Waals surface area contributed by atoms with E-state index in [1.165, 1.54) is 24.9 Å². The van der Waals surface area contributed by atoms with E-state index in [4.69, 9.17) is 9.15 Å². The number of hydrogen-bond acceptors (Lipinski definition) is 4. The topological polar surface area (TPSA) is 45.9 Å². The lowest BCUT2D eigenvalue weighted by atomic mass is 10.1. The Balaban J connectivity index is 1.39. The Morgan fingerprint density at radius 1 is 0.967 bits per heavy atom. The first-order valence-electron chi connectivity index (χ1n) is 10.6. The number of piperidine rings is 1. The first-order valence-corrected chi connectivity index (χ1v) is 10.6. The number of anilines is 1. The number of carbonyl (C=O) groups excluding carboxylic acids is 1. The molecule has 3 aromatic rings. The molecular weight excluding hydrogens is 376 g/mol. The van der Waals surface area contributed by atoms with E-state index in [1.807, 2.05) is 43.4 Å². The fourth-order valence-corrected chi connectivity index (χ4v) is 3.84. The molecule has 5 nitrogen and oxygen atoms in total. The molecule has 1 amide bonds. The van der Waals surface area contributed by atoms with Crippen LogP contribution in [0.25, 0.3) is 0 Å². The highest BCUT2D eigenvalue weighted by molar-refractivity contribution is 5.91. The number of rotatable bonds is 7. The molecule has 30 heavy (non-hydrogen) atoms. The van der Waals surface area contributed by atoms with Gasteiger partial charge in [-0.25, -0.2) is 0 Å². The fourth-order valence-electron chi connectivity index (χ4n) is 3.84. The van der Waals surface area contributed by atoms with E-state index in [2.05, 4.69) is 23.1 Å². The quantitative estimate of drug-likeness (QED) is 0.548. The van der Waals surface area contributed by atoms with Crippen LogP contribution >= 0.6 is 0 Å². The van der Waals surface area contributed by atoms with Crippen molar-refractivity contribution in [3.63, 3.8) is 0 Å². The van der Waals surface area contributed by atoms with Gasteiger partial charge in [-0.1, -0.05) is 36.4 Å². The predicted octanol–water partition coefficient (Wildman–Crippen LogP) is 5.12. The van der Waals surface area contributed by atoms with E-state index in [1.54, 1.807) is 17.0 Å². The summed E-state index contributed by atoms with van der Waals surface area (Å²) in [5, 5.41) is 0. The Hall–Kier alpha value is -3.21. The number of ether oxygens (including phenoxy) is 1. The zero-order valence-electron chi connectivity index (χ0n) is 17.4. The third-order valence-corrected chi connectivity index (χ3v) is 5.44. The maximum atomic E-state index is 12.9. The standard InChI is InChI=1S/C25H28N2O3/c1-26(18-20-10-6-7-13-23(20)27-16-8-3-9-17-27)25(28)24-15-14-22(30-24)19-29-21-11-4-2-5-12-21/h2,4-7,10-15H,3,8-9,16-19H2,1H3. The third-order valence-electron chi connectivity index (χ3n) is 5.44. The monoisotopic (exact) mass is 404 g/mol. The smallest absolute Gasteiger partial charge is 0.289 e. The predicted molar refractivity (Wildman–Crippen MR) is 118 cm³/mol. The van der Waals surface area contributed by atoms with Crippen LogP contribution in [-0.4, -0.2) is 30.9 Å². The van der Waals surface area contributed by atoms with Crippen molar-refractivity contribution in [3.05, 3.63) is 83.8 Å². The van der Waals surface area contributed by atoms with Gasteiger partial charge >= 0.3 is 0 Å². The normalized spacial score (nSPS) is 13.8. The molecule has 2 aromatic carbocycles. The maximum Gasteiger partial charge on any atom is 0.289 e. The van der Waals surface area contributed by atoms with Crippen LogP contribution < -0.4 is 9.64 Å². The molecule has 0 saturated carbocycles. The van der Waals surface area contributed by atoms with E-state index in [0.29, 0.717) is 24.7 Å². The first kappa shape index (κ1) is 20.1. The van der Waals surface area contributed by atoms with Crippen LogP contribution in [0.3, 0.4) is 0 Å². The van der Waals surface area contributed by atoms with Crippen molar-refractivity contribution >= 4 is 11.6 Å². The van der Waals surface area contributed by atoms with Crippen LogP contribution in [0.5, 0.6) is 5.75 Å². The lowest BCUT2D eigenvalue weighted by Crippen LogP contribution is -2.32. The molecule has 0 bridgehead atoms. The van der Waals surface area contributed by atoms with Gasteiger partial charge < -0.3 is 19.0 Å². The molecule has 0 unspecified atom stereocenters. The minimum atomic E-state index is -0.130. The second kappa shape index (κ2) is 9.53. The number of nitrogens with zero attached hydrogens (tertiary/aromatic N) is 2. The number of amides is 1. The van der Waals surface area contributed by atoms with Gasteiger partial charge in [-0.3, -0.25) is 4.79 Å². The minimum absolute atomic E-state index is 0.130. The van der Waals surface area contributed by atoms with Crippen molar-refractivity contribution in [2.75, 3.05) is 25.0 Å². The SMILES string of the molecule is CN(Cc1ccccc1N1CCCCC1)C(=O)c1ccc(COc2ccccc2)o1. The van der Waals surface area contributed by atoms with Crippen LogP contribution in [0.4, 0.5) is 5.69 Å². The molecule has 0 atom stereocenters. The highest BCUT2D eigenvalue weighted by Crippen LogP contribution is 2.25. The summed E-state index contributed by atoms with van der Waals surface area (Å²) in [6.07, 6.45) is 3.75. The summed E-state index contributed by atoms with van der Waals surface area (Å²) in [5.74, 6) is 1.60. The van der Waals surface area contributed by atoms with E-state index >= 15 is 0 Å². The van der Waals surface area contributed by atoms with Crippen molar-refractivity contribution in [3.8, 4) is 5.75 Å². The van der Waals surface area contributed by atoms with Crippen LogP contribution in [0.1, 0.15) is 41.1 Å². The molecule has 4 rings (SSSR count). The van der Waals surface area contributed by atoms with Gasteiger partial charge in [0.05, 0.1) is 0 Å². The molecular formula is C25H28N2O3. The lowest BCUT2D eigenvalue weighted by Gasteiger charge is -2.31. The third kappa shape index (κ3) is 4.85. The average Bonchev–Trinajstić information content (AvgIpc) is 3.28. The van der Waals surface area contributed by atoms with Gasteiger partial charge in [-0.2, -0.15) is 0 Å². The fraction of sp³-hybridized carbons (Fsp3) is 0.320. The molecule has 0 aliphatic carbocycles. The van der Waals surface area contributed by atoms with Crippen molar-refractivity contribution in [2.45, 2.75) is 32.4 Å². The van der Waals surface area contributed by atoms with Gasteiger partial charge in [0.2, 0.25) is 0 Å².